The van der Waals surface area contributed by atoms with Gasteiger partial charge in [0.1, 0.15) is 12.4 Å². The number of Topliss-reactive ketones (excluding diaryl/α,β-unsaturated/α-hetero) is 1. The number of aliphatic hydroxyl groups excluding tert-OH is 3. The molecule has 0 amide bonds. The number of ketones is 1. The first-order valence-electron chi connectivity index (χ1n) is 22.8. The molecule has 58 heavy (non-hydrogen) atoms. The SMILES string of the molecule is CCCCCCCC/C=C\CCCCCCCCCCCC(=O)O[C@H](COC(=O)CCCCC(=O)C[C@@H]1[C@@H](/C=C/[C@@H](O)CCCCC)[C@H](O)C[C@@H]1O)COP(=O)(O)O. The fraction of sp³-hybridized carbons (Fsp3) is 0.844. The molecule has 0 saturated heterocycles. The first-order valence-corrected chi connectivity index (χ1v) is 24.3. The maximum absolute atomic E-state index is 12.8. The van der Waals surface area contributed by atoms with Crippen LogP contribution >= 0.6 is 7.82 Å². The molecule has 0 aliphatic heterocycles. The first kappa shape index (κ1) is 54.1. The van der Waals surface area contributed by atoms with Crippen LogP contribution < -0.4 is 0 Å². The third-order valence-electron chi connectivity index (χ3n) is 10.9. The van der Waals surface area contributed by atoms with E-state index in [1.165, 1.54) is 83.5 Å². The zero-order valence-electron chi connectivity index (χ0n) is 36.0. The predicted molar refractivity (Wildman–Crippen MR) is 228 cm³/mol. The number of aliphatic hydroxyl groups is 3. The van der Waals surface area contributed by atoms with Gasteiger partial charge in [0.15, 0.2) is 6.10 Å². The van der Waals surface area contributed by atoms with Crippen molar-refractivity contribution in [3.63, 3.8) is 0 Å². The number of ether oxygens (including phenoxy) is 2. The fourth-order valence-electron chi connectivity index (χ4n) is 7.42. The molecule has 0 bridgehead atoms. The molecule has 0 aromatic carbocycles. The number of hydrogen-bond donors (Lipinski definition) is 5. The second-order valence-corrected chi connectivity index (χ2v) is 17.6. The van der Waals surface area contributed by atoms with Crippen molar-refractivity contribution in [3.05, 3.63) is 24.3 Å². The van der Waals surface area contributed by atoms with Crippen molar-refractivity contribution < 1.29 is 58.1 Å². The highest BCUT2D eigenvalue weighted by Crippen LogP contribution is 2.37. The number of phosphoric ester groups is 1. The topological polar surface area (TPSA) is 197 Å². The van der Waals surface area contributed by atoms with Gasteiger partial charge in [0.2, 0.25) is 0 Å². The molecule has 5 N–H and O–H groups in total. The van der Waals surface area contributed by atoms with Crippen LogP contribution in [0.25, 0.3) is 0 Å². The van der Waals surface area contributed by atoms with Crippen LogP contribution in [0, 0.1) is 11.8 Å². The Morgan fingerprint density at radius 1 is 0.672 bits per heavy atom. The molecule has 13 heteroatoms. The summed E-state index contributed by atoms with van der Waals surface area (Å²) in [5.41, 5.74) is 0. The molecule has 0 aromatic rings. The molecule has 0 spiro atoms. The van der Waals surface area contributed by atoms with E-state index in [2.05, 4.69) is 30.5 Å². The number of carbonyl (C=O) groups excluding carboxylic acids is 3. The molecule has 0 radical (unpaired) electrons. The van der Waals surface area contributed by atoms with Crippen molar-refractivity contribution in [3.8, 4) is 0 Å². The lowest BCUT2D eigenvalue weighted by molar-refractivity contribution is -0.161. The first-order chi connectivity index (χ1) is 27.9. The van der Waals surface area contributed by atoms with Crippen LogP contribution in [0.4, 0.5) is 0 Å². The highest BCUT2D eigenvalue weighted by Gasteiger charge is 2.41. The second-order valence-electron chi connectivity index (χ2n) is 16.3. The molecule has 1 aliphatic carbocycles. The number of rotatable bonds is 38. The third-order valence-corrected chi connectivity index (χ3v) is 11.4. The third kappa shape index (κ3) is 30.2. The Morgan fingerprint density at radius 2 is 1.19 bits per heavy atom. The maximum Gasteiger partial charge on any atom is 0.469 e. The molecule has 0 unspecified atom stereocenters. The lowest BCUT2D eigenvalue weighted by Crippen LogP contribution is -2.29. The van der Waals surface area contributed by atoms with Gasteiger partial charge in [-0.1, -0.05) is 134 Å². The van der Waals surface area contributed by atoms with E-state index in [1.807, 2.05) is 0 Å². The van der Waals surface area contributed by atoms with Crippen molar-refractivity contribution in [2.75, 3.05) is 13.2 Å². The quantitative estimate of drug-likeness (QED) is 0.0171. The Kier molecular flexibility index (Phi) is 32.4. The molecule has 1 aliphatic rings. The Hall–Kier alpha value is -1.92. The summed E-state index contributed by atoms with van der Waals surface area (Å²) in [6.07, 6.45) is 29.6. The summed E-state index contributed by atoms with van der Waals surface area (Å²) >= 11 is 0. The molecule has 1 fully saturated rings. The van der Waals surface area contributed by atoms with Crippen LogP contribution in [0.2, 0.25) is 0 Å². The van der Waals surface area contributed by atoms with Crippen LogP contribution in [-0.4, -0.2) is 80.5 Å². The van der Waals surface area contributed by atoms with Gasteiger partial charge in [0.25, 0.3) is 0 Å². The Balaban J connectivity index is 2.25. The monoisotopic (exact) mass is 845 g/mol. The predicted octanol–water partition coefficient (Wildman–Crippen LogP) is 9.52. The molecule has 1 saturated carbocycles. The molecule has 12 nitrogen and oxygen atoms in total. The minimum atomic E-state index is -4.85. The lowest BCUT2D eigenvalue weighted by Gasteiger charge is -2.20. The molecular weight excluding hydrogens is 763 g/mol. The molecule has 0 heterocycles. The number of carbonyl (C=O) groups is 3. The van der Waals surface area contributed by atoms with Crippen LogP contribution in [0.1, 0.15) is 194 Å². The van der Waals surface area contributed by atoms with Crippen LogP contribution in [-0.2, 0) is 32.9 Å². The minimum absolute atomic E-state index is 0.0178. The van der Waals surface area contributed by atoms with E-state index in [-0.39, 0.29) is 37.9 Å². The van der Waals surface area contributed by atoms with E-state index in [0.717, 1.165) is 38.5 Å². The van der Waals surface area contributed by atoms with Gasteiger partial charge in [0, 0.05) is 43.9 Å². The molecule has 6 atom stereocenters. The highest BCUT2D eigenvalue weighted by atomic mass is 31.2. The average molecular weight is 845 g/mol. The van der Waals surface area contributed by atoms with E-state index in [1.54, 1.807) is 12.2 Å². The van der Waals surface area contributed by atoms with Gasteiger partial charge >= 0.3 is 19.8 Å². The minimum Gasteiger partial charge on any atom is -0.462 e. The van der Waals surface area contributed by atoms with Crippen molar-refractivity contribution >= 4 is 25.5 Å². The summed E-state index contributed by atoms with van der Waals surface area (Å²) in [7, 11) is -4.85. The molecule has 1 rings (SSSR count). The van der Waals surface area contributed by atoms with Crippen molar-refractivity contribution in [1.29, 1.82) is 0 Å². The number of esters is 2. The zero-order valence-corrected chi connectivity index (χ0v) is 36.9. The molecular formula is C45H81O12P. The van der Waals surface area contributed by atoms with Gasteiger partial charge in [-0.05, 0) is 51.4 Å². The zero-order chi connectivity index (χ0) is 42.9. The van der Waals surface area contributed by atoms with Crippen molar-refractivity contribution in [2.45, 2.75) is 218 Å². The van der Waals surface area contributed by atoms with Gasteiger partial charge in [-0.2, -0.15) is 0 Å². The Bertz CT molecular complexity index is 1170. The fourth-order valence-corrected chi connectivity index (χ4v) is 7.78. The van der Waals surface area contributed by atoms with Gasteiger partial charge in [-0.25, -0.2) is 4.57 Å². The number of phosphoric acid groups is 1. The van der Waals surface area contributed by atoms with Crippen LogP contribution in [0.3, 0.4) is 0 Å². The van der Waals surface area contributed by atoms with Gasteiger partial charge in [-0.15, -0.1) is 0 Å². The standard InChI is InChI=1S/C45H81O12P/c1-3-5-7-8-9-10-11-12-13-14-15-16-17-18-19-20-21-22-24-30-45(51)57-39(36-56-58(52,53)54)35-55-44(50)29-26-25-28-38(47)33-41-40(42(48)34-43(41)49)32-31-37(46)27-23-6-4-2/h12-13,31-32,37,39-43,46,48-49H,3-11,14-30,33-36H2,1-2H3,(H2,52,53,54)/b13-12-,32-31+/t37-,39+,40+,41+,42+,43-/m0/s1. The van der Waals surface area contributed by atoms with E-state index in [0.29, 0.717) is 25.7 Å². The van der Waals surface area contributed by atoms with Crippen LogP contribution in [0.5, 0.6) is 0 Å². The summed E-state index contributed by atoms with van der Waals surface area (Å²) in [5, 5.41) is 31.2. The largest absolute Gasteiger partial charge is 0.469 e. The normalized spacial score (nSPS) is 19.6. The maximum atomic E-state index is 12.8. The summed E-state index contributed by atoms with van der Waals surface area (Å²) in [6.45, 7) is 3.27. The Labute approximate surface area is 350 Å². The summed E-state index contributed by atoms with van der Waals surface area (Å²) in [5.74, 6) is -2.16. The number of allylic oxidation sites excluding steroid dienone is 2. The van der Waals surface area contributed by atoms with Crippen LogP contribution in [0.15, 0.2) is 24.3 Å². The van der Waals surface area contributed by atoms with Gasteiger partial charge in [-0.3, -0.25) is 18.9 Å². The van der Waals surface area contributed by atoms with Gasteiger partial charge in [0.05, 0.1) is 24.9 Å². The van der Waals surface area contributed by atoms with E-state index in [4.69, 9.17) is 19.3 Å². The van der Waals surface area contributed by atoms with Crippen molar-refractivity contribution in [2.24, 2.45) is 11.8 Å². The van der Waals surface area contributed by atoms with Crippen molar-refractivity contribution in [1.82, 2.24) is 0 Å². The van der Waals surface area contributed by atoms with E-state index < -0.39 is 69.2 Å². The van der Waals surface area contributed by atoms with Gasteiger partial charge < -0.3 is 34.6 Å². The lowest BCUT2D eigenvalue weighted by atomic mass is 9.87. The Morgan fingerprint density at radius 3 is 1.79 bits per heavy atom. The molecule has 0 aromatic heterocycles. The van der Waals surface area contributed by atoms with E-state index in [9.17, 15) is 34.3 Å². The number of hydrogen-bond acceptors (Lipinski definition) is 10. The highest BCUT2D eigenvalue weighted by molar-refractivity contribution is 7.46. The molecule has 338 valence electrons. The number of unbranched alkanes of at least 4 members (excludes halogenated alkanes) is 18. The van der Waals surface area contributed by atoms with E-state index >= 15 is 0 Å². The summed E-state index contributed by atoms with van der Waals surface area (Å²) < 4.78 is 26.4. The summed E-state index contributed by atoms with van der Waals surface area (Å²) in [4.78, 5) is 55.9. The average Bonchev–Trinajstić information content (AvgIpc) is 3.44. The summed E-state index contributed by atoms with van der Waals surface area (Å²) in [6, 6.07) is 0. The smallest absolute Gasteiger partial charge is 0.462 e. The second kappa shape index (κ2) is 34.8.